The molecule has 2 aliphatic rings. The Bertz CT molecular complexity index is 1240. The van der Waals surface area contributed by atoms with E-state index in [0.29, 0.717) is 18.2 Å². The van der Waals surface area contributed by atoms with Crippen molar-refractivity contribution in [1.82, 2.24) is 9.88 Å². The highest BCUT2D eigenvalue weighted by atomic mass is 32.1. The van der Waals surface area contributed by atoms with Crippen LogP contribution in [0.3, 0.4) is 0 Å². The third kappa shape index (κ3) is 5.34. The molecule has 1 N–H and O–H groups in total. The van der Waals surface area contributed by atoms with E-state index in [1.165, 1.54) is 11.3 Å². The van der Waals surface area contributed by atoms with Gasteiger partial charge in [0, 0.05) is 36.2 Å². The summed E-state index contributed by atoms with van der Waals surface area (Å²) in [5, 5.41) is 3.60. The topological polar surface area (TPSA) is 74.8 Å². The fourth-order valence-electron chi connectivity index (χ4n) is 5.35. The van der Waals surface area contributed by atoms with E-state index in [1.807, 2.05) is 54.3 Å². The molecule has 2 aromatic carbocycles. The number of piperazine rings is 1. The molecule has 1 saturated heterocycles. The Morgan fingerprint density at radius 2 is 1.86 bits per heavy atom. The van der Waals surface area contributed by atoms with Crippen LogP contribution in [0.5, 0.6) is 5.75 Å². The van der Waals surface area contributed by atoms with Crippen molar-refractivity contribution in [3.63, 3.8) is 0 Å². The molecule has 5 rings (SSSR count). The predicted molar refractivity (Wildman–Crippen MR) is 148 cm³/mol. The number of methoxy groups -OCH3 is 1. The number of aromatic nitrogens is 1. The molecule has 0 saturated carbocycles. The van der Waals surface area contributed by atoms with Gasteiger partial charge in [0.05, 0.1) is 24.6 Å². The number of aryl methyl sites for hydroxylation is 1. The lowest BCUT2D eigenvalue weighted by Gasteiger charge is -2.42. The number of benzene rings is 2. The van der Waals surface area contributed by atoms with Crippen molar-refractivity contribution in [2.75, 3.05) is 37.0 Å². The lowest BCUT2D eigenvalue weighted by Crippen LogP contribution is -2.54. The normalized spacial score (nSPS) is 20.2. The number of anilines is 2. The predicted octanol–water partition coefficient (Wildman–Crippen LogP) is 5.05. The van der Waals surface area contributed by atoms with Crippen LogP contribution >= 0.6 is 11.3 Å². The molecule has 7 nitrogen and oxygen atoms in total. The Kier molecular flexibility index (Phi) is 7.46. The van der Waals surface area contributed by atoms with Crippen LogP contribution in [-0.4, -0.2) is 54.5 Å². The molecule has 1 fully saturated rings. The van der Waals surface area contributed by atoms with Gasteiger partial charge in [0.15, 0.2) is 5.13 Å². The summed E-state index contributed by atoms with van der Waals surface area (Å²) < 4.78 is 5.28. The van der Waals surface area contributed by atoms with Crippen molar-refractivity contribution < 1.29 is 14.3 Å². The zero-order valence-electron chi connectivity index (χ0n) is 21.6. The van der Waals surface area contributed by atoms with Gasteiger partial charge in [0.2, 0.25) is 11.8 Å². The number of carbonyl (C=O) groups is 2. The number of rotatable bonds is 6. The van der Waals surface area contributed by atoms with Crippen LogP contribution < -0.4 is 15.0 Å². The molecule has 3 unspecified atom stereocenters. The smallest absolute Gasteiger partial charge is 0.233 e. The zero-order valence-corrected chi connectivity index (χ0v) is 22.5. The number of amides is 2. The maximum Gasteiger partial charge on any atom is 0.233 e. The molecule has 0 bridgehead atoms. The van der Waals surface area contributed by atoms with Gasteiger partial charge < -0.3 is 19.9 Å². The molecule has 0 spiro atoms. The quantitative estimate of drug-likeness (QED) is 0.494. The van der Waals surface area contributed by atoms with Crippen LogP contribution in [0.25, 0.3) is 0 Å². The average molecular weight is 519 g/mol. The second kappa shape index (κ2) is 10.9. The van der Waals surface area contributed by atoms with Gasteiger partial charge in [-0.25, -0.2) is 4.98 Å². The summed E-state index contributed by atoms with van der Waals surface area (Å²) in [6.45, 7) is 6.22. The number of carbonyl (C=O) groups excluding carboxylic acids is 2. The highest BCUT2D eigenvalue weighted by molar-refractivity contribution is 7.15. The van der Waals surface area contributed by atoms with Crippen molar-refractivity contribution in [1.29, 1.82) is 0 Å². The van der Waals surface area contributed by atoms with Crippen molar-refractivity contribution in [3.05, 3.63) is 70.7 Å². The summed E-state index contributed by atoms with van der Waals surface area (Å²) >= 11 is 1.51. The second-order valence-electron chi connectivity index (χ2n) is 9.92. The molecule has 1 aliphatic carbocycles. The molecule has 1 aliphatic heterocycles. The van der Waals surface area contributed by atoms with Crippen LogP contribution in [0.15, 0.2) is 54.6 Å². The summed E-state index contributed by atoms with van der Waals surface area (Å²) in [5.41, 5.74) is 2.97. The monoisotopic (exact) mass is 518 g/mol. The van der Waals surface area contributed by atoms with Crippen LogP contribution in [0.1, 0.15) is 54.7 Å². The number of hydrogen-bond acceptors (Lipinski definition) is 6. The maximum absolute atomic E-state index is 13.7. The first-order valence-corrected chi connectivity index (χ1v) is 13.8. The molecular formula is C29H34N4O3S. The minimum absolute atomic E-state index is 0.0800. The molecule has 37 heavy (non-hydrogen) atoms. The number of fused-ring (bicyclic) bond motifs is 1. The highest BCUT2D eigenvalue weighted by Gasteiger charge is 2.36. The van der Waals surface area contributed by atoms with Gasteiger partial charge in [0.1, 0.15) is 5.75 Å². The average Bonchev–Trinajstić information content (AvgIpc) is 3.35. The van der Waals surface area contributed by atoms with E-state index in [0.717, 1.165) is 53.4 Å². The minimum Gasteiger partial charge on any atom is -0.497 e. The van der Waals surface area contributed by atoms with Crippen molar-refractivity contribution in [2.45, 2.75) is 51.0 Å². The van der Waals surface area contributed by atoms with Gasteiger partial charge in [-0.1, -0.05) is 30.3 Å². The first-order chi connectivity index (χ1) is 17.9. The van der Waals surface area contributed by atoms with E-state index < -0.39 is 0 Å². The summed E-state index contributed by atoms with van der Waals surface area (Å²) in [5.74, 6) is 0.401. The van der Waals surface area contributed by atoms with Gasteiger partial charge in [-0.15, -0.1) is 11.3 Å². The van der Waals surface area contributed by atoms with Crippen LogP contribution in [-0.2, 0) is 16.0 Å². The van der Waals surface area contributed by atoms with E-state index in [1.54, 1.807) is 7.11 Å². The van der Waals surface area contributed by atoms with Gasteiger partial charge in [0.25, 0.3) is 0 Å². The van der Waals surface area contributed by atoms with Crippen molar-refractivity contribution in [2.24, 2.45) is 0 Å². The Hall–Kier alpha value is -3.39. The SMILES string of the molecule is COc1ccc(N2CCN(C(=O)C3CCCc4sc(NC(=O)C(C)c5ccccc5)nc43)CC2C)cc1. The van der Waals surface area contributed by atoms with Gasteiger partial charge in [-0.2, -0.15) is 0 Å². The zero-order chi connectivity index (χ0) is 25.9. The van der Waals surface area contributed by atoms with E-state index >= 15 is 0 Å². The first kappa shape index (κ1) is 25.3. The van der Waals surface area contributed by atoms with Crippen LogP contribution in [0.2, 0.25) is 0 Å². The maximum atomic E-state index is 13.7. The van der Waals surface area contributed by atoms with Crippen LogP contribution in [0, 0.1) is 0 Å². The molecular weight excluding hydrogens is 484 g/mol. The number of ether oxygens (including phenoxy) is 1. The Morgan fingerprint density at radius 1 is 1.11 bits per heavy atom. The summed E-state index contributed by atoms with van der Waals surface area (Å²) in [7, 11) is 1.67. The summed E-state index contributed by atoms with van der Waals surface area (Å²) in [4.78, 5) is 36.8. The molecule has 1 aromatic heterocycles. The molecule has 0 radical (unpaired) electrons. The number of hydrogen-bond donors (Lipinski definition) is 1. The van der Waals surface area contributed by atoms with Crippen molar-refractivity contribution in [3.8, 4) is 5.75 Å². The molecule has 2 heterocycles. The Balaban J connectivity index is 1.25. The number of nitrogens with one attached hydrogen (secondary N) is 1. The van der Waals surface area contributed by atoms with Gasteiger partial charge in [-0.05, 0) is 62.9 Å². The summed E-state index contributed by atoms with van der Waals surface area (Å²) in [6.07, 6.45) is 2.67. The Labute approximate surface area is 222 Å². The number of thiazole rings is 1. The molecule has 3 atom stereocenters. The van der Waals surface area contributed by atoms with Crippen molar-refractivity contribution >= 4 is 34.0 Å². The molecule has 8 heteroatoms. The Morgan fingerprint density at radius 3 is 2.57 bits per heavy atom. The third-order valence-electron chi connectivity index (χ3n) is 7.52. The number of nitrogens with zero attached hydrogens (tertiary/aromatic N) is 3. The van der Waals surface area contributed by atoms with E-state index in [2.05, 4.69) is 29.3 Å². The standard InChI is InChI=1S/C29H34N4O3S/c1-19-18-32(16-17-33(19)22-12-14-23(36-3)15-13-22)28(35)24-10-7-11-25-26(24)30-29(37-25)31-27(34)20(2)21-8-5-4-6-9-21/h4-6,8-9,12-15,19-20,24H,7,10-11,16-18H2,1-3H3,(H,30,31,34). The van der Waals surface area contributed by atoms with E-state index in [-0.39, 0.29) is 29.7 Å². The van der Waals surface area contributed by atoms with E-state index in [9.17, 15) is 9.59 Å². The summed E-state index contributed by atoms with van der Waals surface area (Å²) in [6, 6.07) is 18.0. The van der Waals surface area contributed by atoms with Crippen LogP contribution in [0.4, 0.5) is 10.8 Å². The third-order valence-corrected chi connectivity index (χ3v) is 8.56. The highest BCUT2D eigenvalue weighted by Crippen LogP contribution is 2.38. The fraction of sp³-hybridized carbons (Fsp3) is 0.414. The van der Waals surface area contributed by atoms with Gasteiger partial charge in [-0.3, -0.25) is 9.59 Å². The largest absolute Gasteiger partial charge is 0.497 e. The fourth-order valence-corrected chi connectivity index (χ4v) is 6.42. The lowest BCUT2D eigenvalue weighted by atomic mass is 9.89. The first-order valence-electron chi connectivity index (χ1n) is 13.0. The molecule has 3 aromatic rings. The molecule has 194 valence electrons. The van der Waals surface area contributed by atoms with Gasteiger partial charge >= 0.3 is 0 Å². The minimum atomic E-state index is -0.275. The lowest BCUT2D eigenvalue weighted by molar-refractivity contribution is -0.134. The molecule has 2 amide bonds. The van der Waals surface area contributed by atoms with E-state index in [4.69, 9.17) is 9.72 Å². The second-order valence-corrected chi connectivity index (χ2v) is 11.0.